The van der Waals surface area contributed by atoms with Crippen LogP contribution in [0.25, 0.3) is 0 Å². The SMILES string of the molecule is CC(=O)O[C@@H]1[C@@H](O)[C@H](CO)OC12COC(C)(C)O2. The molecule has 1 spiro atoms. The predicted molar refractivity (Wildman–Crippen MR) is 57.4 cm³/mol. The molecule has 0 aromatic heterocycles. The van der Waals surface area contributed by atoms with Crippen LogP contribution in [0.5, 0.6) is 0 Å². The van der Waals surface area contributed by atoms with E-state index in [9.17, 15) is 9.90 Å². The Morgan fingerprint density at radius 2 is 2.17 bits per heavy atom. The van der Waals surface area contributed by atoms with Gasteiger partial charge in [-0.2, -0.15) is 0 Å². The summed E-state index contributed by atoms with van der Waals surface area (Å²) in [6, 6.07) is 0. The summed E-state index contributed by atoms with van der Waals surface area (Å²) in [5, 5.41) is 19.1. The fourth-order valence-electron chi connectivity index (χ4n) is 2.28. The standard InChI is InChI=1S/C11H18O7/c1-6(13)16-9-8(14)7(4-12)17-11(9)5-15-10(2,3)18-11/h7-9,12,14H,4-5H2,1-3H3/t7-,8-,9+,11?/m0/s1. The second-order valence-corrected chi connectivity index (χ2v) is 4.96. The molecule has 2 aliphatic rings. The van der Waals surface area contributed by atoms with Gasteiger partial charge in [0.05, 0.1) is 6.61 Å². The van der Waals surface area contributed by atoms with E-state index in [1.807, 2.05) is 0 Å². The molecule has 7 heteroatoms. The quantitative estimate of drug-likeness (QED) is 0.626. The van der Waals surface area contributed by atoms with Crippen LogP contribution in [0.2, 0.25) is 0 Å². The second-order valence-electron chi connectivity index (χ2n) is 4.96. The first-order valence-corrected chi connectivity index (χ1v) is 5.78. The molecule has 7 nitrogen and oxygen atoms in total. The molecule has 2 N–H and O–H groups in total. The summed E-state index contributed by atoms with van der Waals surface area (Å²) in [7, 11) is 0. The van der Waals surface area contributed by atoms with Crippen LogP contribution in [0.15, 0.2) is 0 Å². The van der Waals surface area contributed by atoms with Crippen LogP contribution < -0.4 is 0 Å². The highest BCUT2D eigenvalue weighted by atomic mass is 16.9. The van der Waals surface area contributed by atoms with Crippen LogP contribution in [0.4, 0.5) is 0 Å². The third-order valence-corrected chi connectivity index (χ3v) is 2.99. The summed E-state index contributed by atoms with van der Waals surface area (Å²) in [5.41, 5.74) is 0. The summed E-state index contributed by atoms with van der Waals surface area (Å²) < 4.78 is 21.6. The molecule has 0 radical (unpaired) electrons. The first-order chi connectivity index (χ1) is 8.30. The van der Waals surface area contributed by atoms with Gasteiger partial charge >= 0.3 is 5.97 Å². The van der Waals surface area contributed by atoms with Crippen molar-refractivity contribution in [2.45, 2.75) is 50.7 Å². The van der Waals surface area contributed by atoms with Crippen LogP contribution in [0, 0.1) is 0 Å². The number of esters is 1. The van der Waals surface area contributed by atoms with Crippen molar-refractivity contribution in [2.24, 2.45) is 0 Å². The van der Waals surface area contributed by atoms with E-state index in [-0.39, 0.29) is 6.61 Å². The second kappa shape index (κ2) is 4.43. The molecule has 0 aliphatic carbocycles. The summed E-state index contributed by atoms with van der Waals surface area (Å²) in [5.74, 6) is -2.82. The van der Waals surface area contributed by atoms with Crippen molar-refractivity contribution in [1.29, 1.82) is 0 Å². The summed E-state index contributed by atoms with van der Waals surface area (Å²) in [4.78, 5) is 11.1. The molecule has 0 aromatic carbocycles. The molecule has 2 rings (SSSR count). The minimum absolute atomic E-state index is 0.0194. The monoisotopic (exact) mass is 262 g/mol. The van der Waals surface area contributed by atoms with Crippen LogP contribution in [-0.2, 0) is 23.7 Å². The Labute approximate surface area is 105 Å². The molecule has 2 saturated heterocycles. The lowest BCUT2D eigenvalue weighted by molar-refractivity contribution is -0.273. The van der Waals surface area contributed by atoms with E-state index >= 15 is 0 Å². The summed E-state index contributed by atoms with van der Waals surface area (Å²) >= 11 is 0. The Morgan fingerprint density at radius 3 is 2.61 bits per heavy atom. The van der Waals surface area contributed by atoms with Crippen molar-refractivity contribution in [2.75, 3.05) is 13.2 Å². The lowest BCUT2D eigenvalue weighted by Crippen LogP contribution is -2.48. The number of hydrogen-bond donors (Lipinski definition) is 2. The highest BCUT2D eigenvalue weighted by Crippen LogP contribution is 2.42. The summed E-state index contributed by atoms with van der Waals surface area (Å²) in [6.45, 7) is 4.23. The fourth-order valence-corrected chi connectivity index (χ4v) is 2.28. The molecule has 0 amide bonds. The molecule has 18 heavy (non-hydrogen) atoms. The van der Waals surface area contributed by atoms with Gasteiger partial charge in [0, 0.05) is 6.92 Å². The Kier molecular flexibility index (Phi) is 3.37. The van der Waals surface area contributed by atoms with Crippen molar-refractivity contribution in [3.05, 3.63) is 0 Å². The molecule has 0 aromatic rings. The molecular weight excluding hydrogens is 244 g/mol. The molecule has 2 aliphatic heterocycles. The van der Waals surface area contributed by atoms with Gasteiger partial charge in [-0.05, 0) is 13.8 Å². The number of rotatable bonds is 2. The third-order valence-electron chi connectivity index (χ3n) is 2.99. The maximum atomic E-state index is 11.1. The number of carbonyl (C=O) groups is 1. The van der Waals surface area contributed by atoms with Crippen molar-refractivity contribution in [1.82, 2.24) is 0 Å². The Balaban J connectivity index is 2.24. The van der Waals surface area contributed by atoms with E-state index in [4.69, 9.17) is 24.1 Å². The van der Waals surface area contributed by atoms with Crippen molar-refractivity contribution < 1.29 is 34.0 Å². The van der Waals surface area contributed by atoms with Gasteiger partial charge in [0.15, 0.2) is 11.9 Å². The van der Waals surface area contributed by atoms with Crippen LogP contribution >= 0.6 is 0 Å². The van der Waals surface area contributed by atoms with Crippen molar-refractivity contribution in [3.63, 3.8) is 0 Å². The van der Waals surface area contributed by atoms with Gasteiger partial charge in [-0.1, -0.05) is 0 Å². The van der Waals surface area contributed by atoms with E-state index in [2.05, 4.69) is 0 Å². The Bertz CT molecular complexity index is 342. The molecular formula is C11H18O7. The third kappa shape index (κ3) is 2.24. The highest BCUT2D eigenvalue weighted by Gasteiger charge is 2.63. The number of ether oxygens (including phenoxy) is 4. The summed E-state index contributed by atoms with van der Waals surface area (Å²) in [6.07, 6.45) is -3.04. The fraction of sp³-hybridized carbons (Fsp3) is 0.909. The van der Waals surface area contributed by atoms with Gasteiger partial charge in [-0.25, -0.2) is 0 Å². The topological polar surface area (TPSA) is 94.5 Å². The maximum absolute atomic E-state index is 11.1. The van der Waals surface area contributed by atoms with Gasteiger partial charge in [0.25, 0.3) is 0 Å². The van der Waals surface area contributed by atoms with Crippen LogP contribution in [0.3, 0.4) is 0 Å². The molecule has 0 bridgehead atoms. The molecule has 2 heterocycles. The van der Waals surface area contributed by atoms with Gasteiger partial charge in [-0.3, -0.25) is 4.79 Å². The molecule has 1 unspecified atom stereocenters. The highest BCUT2D eigenvalue weighted by molar-refractivity contribution is 5.66. The lowest BCUT2D eigenvalue weighted by Gasteiger charge is -2.29. The van der Waals surface area contributed by atoms with Crippen molar-refractivity contribution >= 4 is 5.97 Å². The van der Waals surface area contributed by atoms with E-state index in [0.717, 1.165) is 0 Å². The Hall–Kier alpha value is -0.730. The maximum Gasteiger partial charge on any atom is 0.303 e. The zero-order valence-corrected chi connectivity index (χ0v) is 10.6. The predicted octanol–water partition coefficient (Wildman–Crippen LogP) is -0.851. The Morgan fingerprint density at radius 1 is 1.50 bits per heavy atom. The largest absolute Gasteiger partial charge is 0.454 e. The minimum Gasteiger partial charge on any atom is -0.454 e. The van der Waals surface area contributed by atoms with E-state index in [0.29, 0.717) is 0 Å². The van der Waals surface area contributed by atoms with Crippen LogP contribution in [-0.4, -0.2) is 59.3 Å². The molecule has 104 valence electrons. The van der Waals surface area contributed by atoms with Crippen molar-refractivity contribution in [3.8, 4) is 0 Å². The molecule has 4 atom stereocenters. The first-order valence-electron chi connectivity index (χ1n) is 5.78. The number of aliphatic hydroxyl groups excluding tert-OH is 2. The number of aliphatic hydroxyl groups is 2. The minimum atomic E-state index is -1.36. The first kappa shape index (κ1) is 13.7. The smallest absolute Gasteiger partial charge is 0.303 e. The lowest BCUT2D eigenvalue weighted by atomic mass is 10.1. The number of hydrogen-bond acceptors (Lipinski definition) is 7. The van der Waals surface area contributed by atoms with Crippen LogP contribution in [0.1, 0.15) is 20.8 Å². The average Bonchev–Trinajstić information content (AvgIpc) is 2.70. The number of carbonyl (C=O) groups excluding carboxylic acids is 1. The van der Waals surface area contributed by atoms with Gasteiger partial charge in [0.1, 0.15) is 18.8 Å². The van der Waals surface area contributed by atoms with Gasteiger partial charge < -0.3 is 29.2 Å². The van der Waals surface area contributed by atoms with Gasteiger partial charge in [0.2, 0.25) is 5.79 Å². The zero-order valence-electron chi connectivity index (χ0n) is 10.6. The molecule has 0 saturated carbocycles. The van der Waals surface area contributed by atoms with E-state index in [1.165, 1.54) is 6.92 Å². The van der Waals surface area contributed by atoms with E-state index in [1.54, 1.807) is 13.8 Å². The van der Waals surface area contributed by atoms with Gasteiger partial charge in [-0.15, -0.1) is 0 Å². The molecule has 2 fully saturated rings. The zero-order chi connectivity index (χ0) is 13.6. The van der Waals surface area contributed by atoms with E-state index < -0.39 is 42.5 Å². The normalized spacial score (nSPS) is 42.4. The average molecular weight is 262 g/mol.